The Balaban J connectivity index is 1.98. The van der Waals surface area contributed by atoms with E-state index in [9.17, 15) is 4.39 Å². The highest BCUT2D eigenvalue weighted by Crippen LogP contribution is 2.33. The molecule has 1 aromatic heterocycles. The number of nitrogens with zero attached hydrogens (tertiary/aromatic N) is 2. The van der Waals surface area contributed by atoms with Gasteiger partial charge in [-0.1, -0.05) is 24.9 Å². The second-order valence-electron chi connectivity index (χ2n) is 5.62. The lowest BCUT2D eigenvalue weighted by Crippen LogP contribution is -2.10. The molecule has 0 spiro atoms. The van der Waals surface area contributed by atoms with Crippen LogP contribution in [0.25, 0.3) is 11.0 Å². The third-order valence-electron chi connectivity index (χ3n) is 4.06. The van der Waals surface area contributed by atoms with Crippen molar-refractivity contribution < 1.29 is 4.39 Å². The number of nitrogens with two attached hydrogens (primary N) is 1. The third kappa shape index (κ3) is 2.29. The zero-order chi connectivity index (χ0) is 13.6. The molecule has 3 rings (SSSR count). The van der Waals surface area contributed by atoms with E-state index in [2.05, 4.69) is 11.9 Å². The van der Waals surface area contributed by atoms with Crippen molar-refractivity contribution in [3.05, 3.63) is 23.0 Å². The van der Waals surface area contributed by atoms with Gasteiger partial charge >= 0.3 is 0 Å². The Labute approximate surface area is 116 Å². The van der Waals surface area contributed by atoms with Gasteiger partial charge in [0.25, 0.3) is 0 Å². The topological polar surface area (TPSA) is 43.8 Å². The summed E-state index contributed by atoms with van der Waals surface area (Å²) in [6.45, 7) is 3.09. The highest BCUT2D eigenvalue weighted by molar-refractivity contribution is 6.31. The lowest BCUT2D eigenvalue weighted by molar-refractivity contribution is 0.450. The Kier molecular flexibility index (Phi) is 3.13. The van der Waals surface area contributed by atoms with Crippen LogP contribution < -0.4 is 5.73 Å². The van der Waals surface area contributed by atoms with Gasteiger partial charge in [0, 0.05) is 12.6 Å². The Morgan fingerprint density at radius 1 is 1.47 bits per heavy atom. The summed E-state index contributed by atoms with van der Waals surface area (Å²) in [5, 5.41) is 0.0895. The number of benzene rings is 1. The lowest BCUT2D eigenvalue weighted by atomic mass is 10.1. The van der Waals surface area contributed by atoms with Crippen molar-refractivity contribution >= 4 is 28.6 Å². The van der Waals surface area contributed by atoms with Crippen LogP contribution in [0.5, 0.6) is 0 Å². The van der Waals surface area contributed by atoms with Crippen LogP contribution >= 0.6 is 11.6 Å². The van der Waals surface area contributed by atoms with Gasteiger partial charge in [0.05, 0.1) is 16.1 Å². The molecule has 1 fully saturated rings. The minimum absolute atomic E-state index is 0.0895. The second kappa shape index (κ2) is 4.67. The number of rotatable bonds is 2. The molecule has 2 aromatic rings. The summed E-state index contributed by atoms with van der Waals surface area (Å²) in [4.78, 5) is 4.27. The van der Waals surface area contributed by atoms with Crippen molar-refractivity contribution in [1.29, 1.82) is 0 Å². The smallest absolute Gasteiger partial charge is 0.201 e. The summed E-state index contributed by atoms with van der Waals surface area (Å²) < 4.78 is 15.5. The van der Waals surface area contributed by atoms with Crippen LogP contribution in [0.3, 0.4) is 0 Å². The summed E-state index contributed by atoms with van der Waals surface area (Å²) in [5.74, 6) is 1.40. The molecule has 1 aliphatic rings. The molecule has 0 saturated heterocycles. The normalized spacial score (nSPS) is 23.3. The van der Waals surface area contributed by atoms with E-state index in [0.29, 0.717) is 17.4 Å². The summed E-state index contributed by atoms with van der Waals surface area (Å²) in [7, 11) is 0. The molecule has 0 aliphatic heterocycles. The zero-order valence-electron chi connectivity index (χ0n) is 10.9. The largest absolute Gasteiger partial charge is 0.369 e. The molecule has 1 aliphatic carbocycles. The number of nitrogen functional groups attached to an aromatic ring is 1. The van der Waals surface area contributed by atoms with Gasteiger partial charge in [-0.05, 0) is 30.7 Å². The van der Waals surface area contributed by atoms with Crippen molar-refractivity contribution in [2.24, 2.45) is 11.8 Å². The number of hydrogen-bond donors (Lipinski definition) is 1. The highest BCUT2D eigenvalue weighted by atomic mass is 35.5. The molecule has 1 aromatic carbocycles. The van der Waals surface area contributed by atoms with Gasteiger partial charge in [0.1, 0.15) is 5.82 Å². The first-order valence-electron chi connectivity index (χ1n) is 6.65. The van der Waals surface area contributed by atoms with Crippen LogP contribution in [-0.2, 0) is 6.54 Å². The molecule has 0 amide bonds. The summed E-state index contributed by atoms with van der Waals surface area (Å²) in [6.07, 6.45) is 3.67. The maximum atomic E-state index is 13.6. The predicted molar refractivity (Wildman–Crippen MR) is 75.6 cm³/mol. The summed E-state index contributed by atoms with van der Waals surface area (Å²) >= 11 is 5.77. The summed E-state index contributed by atoms with van der Waals surface area (Å²) in [6, 6.07) is 2.97. The average molecular weight is 282 g/mol. The van der Waals surface area contributed by atoms with Gasteiger partial charge in [-0.25, -0.2) is 9.37 Å². The molecule has 1 heterocycles. The number of halogens is 2. The van der Waals surface area contributed by atoms with Crippen molar-refractivity contribution in [1.82, 2.24) is 9.55 Å². The Bertz CT molecular complexity index is 623. The molecule has 2 atom stereocenters. The summed E-state index contributed by atoms with van der Waals surface area (Å²) in [5.41, 5.74) is 7.35. The second-order valence-corrected chi connectivity index (χ2v) is 6.03. The Hall–Kier alpha value is -1.29. The number of aromatic nitrogens is 2. The van der Waals surface area contributed by atoms with Crippen LogP contribution in [0.1, 0.15) is 26.2 Å². The van der Waals surface area contributed by atoms with Crippen LogP contribution in [-0.4, -0.2) is 9.55 Å². The minimum atomic E-state index is -0.421. The van der Waals surface area contributed by atoms with Crippen molar-refractivity contribution in [3.63, 3.8) is 0 Å². The van der Waals surface area contributed by atoms with E-state index in [4.69, 9.17) is 17.3 Å². The SMILES string of the molecule is CC1CCC(Cn2c(N)nc3cc(Cl)c(F)cc32)C1. The van der Waals surface area contributed by atoms with Crippen LogP contribution in [0.4, 0.5) is 10.3 Å². The standard InChI is InChI=1S/C14H17ClFN3/c1-8-2-3-9(4-8)7-19-13-6-11(16)10(15)5-12(13)18-14(19)17/h5-6,8-9H,2-4,7H2,1H3,(H2,17,18). The lowest BCUT2D eigenvalue weighted by Gasteiger charge is -2.12. The molecule has 2 N–H and O–H groups in total. The van der Waals surface area contributed by atoms with E-state index < -0.39 is 5.82 Å². The Morgan fingerprint density at radius 2 is 2.26 bits per heavy atom. The number of fused-ring (bicyclic) bond motifs is 1. The fraction of sp³-hybridized carbons (Fsp3) is 0.500. The molecular weight excluding hydrogens is 265 g/mol. The Morgan fingerprint density at radius 3 is 2.95 bits per heavy atom. The van der Waals surface area contributed by atoms with Crippen LogP contribution in [0, 0.1) is 17.7 Å². The highest BCUT2D eigenvalue weighted by Gasteiger charge is 2.23. The van der Waals surface area contributed by atoms with Gasteiger partial charge in [-0.3, -0.25) is 0 Å². The minimum Gasteiger partial charge on any atom is -0.369 e. The number of imidazole rings is 1. The van der Waals surface area contributed by atoms with Crippen LogP contribution in [0.15, 0.2) is 12.1 Å². The van der Waals surface area contributed by atoms with E-state index in [1.807, 2.05) is 4.57 Å². The average Bonchev–Trinajstić information content (AvgIpc) is 2.87. The molecule has 0 radical (unpaired) electrons. The van der Waals surface area contributed by atoms with Crippen molar-refractivity contribution in [3.8, 4) is 0 Å². The molecule has 102 valence electrons. The first-order chi connectivity index (χ1) is 9.04. The quantitative estimate of drug-likeness (QED) is 0.909. The molecule has 0 bridgehead atoms. The first-order valence-corrected chi connectivity index (χ1v) is 7.03. The zero-order valence-corrected chi connectivity index (χ0v) is 11.6. The molecule has 1 saturated carbocycles. The van der Waals surface area contributed by atoms with Gasteiger partial charge in [-0.2, -0.15) is 0 Å². The van der Waals surface area contributed by atoms with E-state index >= 15 is 0 Å². The van der Waals surface area contributed by atoms with E-state index in [1.54, 1.807) is 0 Å². The van der Waals surface area contributed by atoms with E-state index in [-0.39, 0.29) is 5.02 Å². The first kappa shape index (κ1) is 12.7. The fourth-order valence-electron chi connectivity index (χ4n) is 3.08. The molecule has 2 unspecified atom stereocenters. The maximum Gasteiger partial charge on any atom is 0.201 e. The number of hydrogen-bond acceptors (Lipinski definition) is 2. The third-order valence-corrected chi connectivity index (χ3v) is 4.35. The molecule has 5 heteroatoms. The van der Waals surface area contributed by atoms with Gasteiger partial charge < -0.3 is 10.3 Å². The number of anilines is 1. The van der Waals surface area contributed by atoms with Crippen LogP contribution in [0.2, 0.25) is 5.02 Å². The van der Waals surface area contributed by atoms with Crippen molar-refractivity contribution in [2.75, 3.05) is 5.73 Å². The van der Waals surface area contributed by atoms with Gasteiger partial charge in [-0.15, -0.1) is 0 Å². The fourth-order valence-corrected chi connectivity index (χ4v) is 3.24. The molecule has 19 heavy (non-hydrogen) atoms. The molecular formula is C14H17ClFN3. The maximum absolute atomic E-state index is 13.6. The van der Waals surface area contributed by atoms with E-state index in [0.717, 1.165) is 18.0 Å². The van der Waals surface area contributed by atoms with Gasteiger partial charge in [0.15, 0.2) is 0 Å². The molecule has 3 nitrogen and oxygen atoms in total. The van der Waals surface area contributed by atoms with Crippen molar-refractivity contribution in [2.45, 2.75) is 32.7 Å². The predicted octanol–water partition coefficient (Wildman–Crippen LogP) is 3.85. The van der Waals surface area contributed by atoms with Gasteiger partial charge in [0.2, 0.25) is 5.95 Å². The van der Waals surface area contributed by atoms with E-state index in [1.165, 1.54) is 31.4 Å². The monoisotopic (exact) mass is 281 g/mol.